The molecule has 0 spiro atoms. The summed E-state index contributed by atoms with van der Waals surface area (Å²) in [6, 6.07) is 11.2. The number of nitro benzene ring substituents is 2. The minimum atomic E-state index is -0.502. The molecule has 0 radical (unpaired) electrons. The van der Waals surface area contributed by atoms with E-state index in [1.807, 2.05) is 0 Å². The normalized spacial score (nSPS) is 11.6. The molecule has 0 fully saturated rings. The molecule has 14 heteroatoms. The summed E-state index contributed by atoms with van der Waals surface area (Å²) in [4.78, 5) is 25.1. The molecule has 0 aliphatic rings. The van der Waals surface area contributed by atoms with Crippen LogP contribution in [0.3, 0.4) is 0 Å². The lowest BCUT2D eigenvalue weighted by atomic mass is 10.3. The number of aryl methyl sites for hydroxylation is 2. The van der Waals surface area contributed by atoms with E-state index in [2.05, 4.69) is 30.5 Å². The zero-order valence-electron chi connectivity index (χ0n) is 17.9. The maximum absolute atomic E-state index is 10.8. The zero-order valence-corrected chi connectivity index (χ0v) is 17.9. The molecule has 0 saturated carbocycles. The molecule has 0 saturated heterocycles. The number of rotatable bonds is 6. The van der Waals surface area contributed by atoms with Gasteiger partial charge in [0.1, 0.15) is 5.69 Å². The summed E-state index contributed by atoms with van der Waals surface area (Å²) in [6.07, 6.45) is 0. The summed E-state index contributed by atoms with van der Waals surface area (Å²) in [5.74, 6) is 0.174. The minimum absolute atomic E-state index is 0.0494. The number of nitrogen functional groups attached to an aromatic ring is 1. The summed E-state index contributed by atoms with van der Waals surface area (Å²) in [5, 5.41) is 42.5. The quantitative estimate of drug-likeness (QED) is 0.220. The van der Waals surface area contributed by atoms with Crippen molar-refractivity contribution >= 4 is 45.6 Å². The van der Waals surface area contributed by atoms with Crippen LogP contribution in [0.5, 0.6) is 0 Å². The van der Waals surface area contributed by atoms with E-state index in [0.29, 0.717) is 34.1 Å². The average Bonchev–Trinajstić information content (AvgIpc) is 3.13. The van der Waals surface area contributed by atoms with Crippen molar-refractivity contribution in [3.63, 3.8) is 0 Å². The van der Waals surface area contributed by atoms with E-state index < -0.39 is 9.85 Å². The van der Waals surface area contributed by atoms with Gasteiger partial charge in [0, 0.05) is 24.3 Å². The molecule has 0 aliphatic heterocycles. The zero-order chi connectivity index (χ0) is 24.4. The number of nitro groups is 2. The van der Waals surface area contributed by atoms with Crippen LogP contribution in [0, 0.1) is 34.1 Å². The Morgan fingerprint density at radius 1 is 0.765 bits per heavy atom. The Hall–Kier alpha value is -5.14. The number of azo groups is 2. The van der Waals surface area contributed by atoms with Crippen LogP contribution >= 0.6 is 0 Å². The second-order valence-electron chi connectivity index (χ2n) is 7.05. The summed E-state index contributed by atoms with van der Waals surface area (Å²) >= 11 is 0. The van der Waals surface area contributed by atoms with Crippen LogP contribution in [0.1, 0.15) is 11.4 Å². The molecule has 2 aromatic carbocycles. The monoisotopic (exact) mass is 460 g/mol. The number of non-ortho nitro benzene ring substituents is 2. The van der Waals surface area contributed by atoms with Crippen LogP contribution in [0.2, 0.25) is 0 Å². The van der Waals surface area contributed by atoms with Crippen molar-refractivity contribution in [2.75, 3.05) is 5.73 Å². The Bertz CT molecular complexity index is 1470. The van der Waals surface area contributed by atoms with Crippen molar-refractivity contribution in [3.8, 4) is 0 Å². The lowest BCUT2D eigenvalue weighted by Crippen LogP contribution is -2.02. The molecule has 0 atom stereocenters. The molecule has 0 aliphatic carbocycles. The van der Waals surface area contributed by atoms with Gasteiger partial charge in [0.15, 0.2) is 17.2 Å². The molecule has 4 rings (SSSR count). The molecular formula is C20H16N10O4. The van der Waals surface area contributed by atoms with Gasteiger partial charge in [-0.05, 0) is 38.1 Å². The SMILES string of the molecule is Cc1nc2c(N=Nc3ccc([N+](=O)[O-])cc3)c(C)nn2c(N)c1N=Nc1ccc([N+](=O)[O-])cc1. The molecular weight excluding hydrogens is 444 g/mol. The molecule has 2 heterocycles. The number of nitrogens with two attached hydrogens (primary N) is 1. The van der Waals surface area contributed by atoms with Gasteiger partial charge >= 0.3 is 0 Å². The van der Waals surface area contributed by atoms with Gasteiger partial charge in [0.05, 0.1) is 32.6 Å². The summed E-state index contributed by atoms with van der Waals surface area (Å²) in [6.45, 7) is 3.41. The topological polar surface area (TPSA) is 192 Å². The largest absolute Gasteiger partial charge is 0.382 e. The van der Waals surface area contributed by atoms with Crippen molar-refractivity contribution in [1.82, 2.24) is 14.6 Å². The number of anilines is 1. The molecule has 170 valence electrons. The number of nitrogens with zero attached hydrogens (tertiary/aromatic N) is 9. The average molecular weight is 460 g/mol. The predicted octanol–water partition coefficient (Wildman–Crippen LogP) is 5.58. The Labute approximate surface area is 190 Å². The highest BCUT2D eigenvalue weighted by Crippen LogP contribution is 2.34. The molecule has 4 aromatic rings. The molecule has 14 nitrogen and oxygen atoms in total. The summed E-state index contributed by atoms with van der Waals surface area (Å²) in [7, 11) is 0. The first-order chi connectivity index (χ1) is 16.2. The Kier molecular flexibility index (Phi) is 5.70. The van der Waals surface area contributed by atoms with Gasteiger partial charge in [-0.25, -0.2) is 4.98 Å². The van der Waals surface area contributed by atoms with Gasteiger partial charge < -0.3 is 5.73 Å². The van der Waals surface area contributed by atoms with Crippen molar-refractivity contribution in [2.24, 2.45) is 20.5 Å². The van der Waals surface area contributed by atoms with Gasteiger partial charge in [-0.2, -0.15) is 19.8 Å². The third-order valence-electron chi connectivity index (χ3n) is 4.74. The van der Waals surface area contributed by atoms with E-state index in [1.165, 1.54) is 53.0 Å². The number of fused-ring (bicyclic) bond motifs is 1. The van der Waals surface area contributed by atoms with E-state index >= 15 is 0 Å². The first-order valence-electron chi connectivity index (χ1n) is 9.72. The standard InChI is InChI=1S/C20H16N10O4/c1-11-17(25-23-13-3-7-15(8-4-13)29(31)32)19(21)28-20(22-11)18(12(2)27-28)26-24-14-5-9-16(10-6-14)30(33)34/h3-10H,21H2,1-2H3. The van der Waals surface area contributed by atoms with E-state index in [4.69, 9.17) is 5.73 Å². The smallest absolute Gasteiger partial charge is 0.269 e. The minimum Gasteiger partial charge on any atom is -0.382 e. The lowest BCUT2D eigenvalue weighted by molar-refractivity contribution is -0.385. The molecule has 0 bridgehead atoms. The molecule has 0 amide bonds. The van der Waals surface area contributed by atoms with E-state index in [-0.39, 0.29) is 22.9 Å². The van der Waals surface area contributed by atoms with Crippen LogP contribution in [0.25, 0.3) is 5.65 Å². The van der Waals surface area contributed by atoms with Crippen LogP contribution in [0.4, 0.5) is 39.9 Å². The van der Waals surface area contributed by atoms with Gasteiger partial charge in [-0.15, -0.1) is 10.2 Å². The van der Waals surface area contributed by atoms with E-state index in [0.717, 1.165) is 0 Å². The van der Waals surface area contributed by atoms with Crippen molar-refractivity contribution in [1.29, 1.82) is 0 Å². The van der Waals surface area contributed by atoms with Crippen LogP contribution in [-0.2, 0) is 0 Å². The highest BCUT2D eigenvalue weighted by atomic mass is 16.6. The second-order valence-corrected chi connectivity index (χ2v) is 7.05. The van der Waals surface area contributed by atoms with Crippen LogP contribution < -0.4 is 5.73 Å². The maximum atomic E-state index is 10.8. The van der Waals surface area contributed by atoms with Gasteiger partial charge in [-0.1, -0.05) is 0 Å². The Morgan fingerprint density at radius 3 is 1.71 bits per heavy atom. The van der Waals surface area contributed by atoms with E-state index in [9.17, 15) is 20.2 Å². The molecule has 2 N–H and O–H groups in total. The number of benzene rings is 2. The summed E-state index contributed by atoms with van der Waals surface area (Å²) in [5.41, 5.74) is 8.97. The van der Waals surface area contributed by atoms with E-state index in [1.54, 1.807) is 13.8 Å². The number of hydrogen-bond donors (Lipinski definition) is 1. The Balaban J connectivity index is 1.66. The highest BCUT2D eigenvalue weighted by molar-refractivity contribution is 5.74. The summed E-state index contributed by atoms with van der Waals surface area (Å²) < 4.78 is 1.37. The predicted molar refractivity (Wildman–Crippen MR) is 121 cm³/mol. The Morgan fingerprint density at radius 2 is 1.24 bits per heavy atom. The maximum Gasteiger partial charge on any atom is 0.269 e. The fourth-order valence-corrected chi connectivity index (χ4v) is 3.01. The van der Waals surface area contributed by atoms with Crippen molar-refractivity contribution in [3.05, 3.63) is 80.1 Å². The molecule has 2 aromatic heterocycles. The third-order valence-corrected chi connectivity index (χ3v) is 4.74. The molecule has 34 heavy (non-hydrogen) atoms. The van der Waals surface area contributed by atoms with Crippen molar-refractivity contribution < 1.29 is 9.85 Å². The van der Waals surface area contributed by atoms with Gasteiger partial charge in [0.25, 0.3) is 11.4 Å². The molecule has 0 unspecified atom stereocenters. The first kappa shape index (κ1) is 22.1. The van der Waals surface area contributed by atoms with Gasteiger partial charge in [-0.3, -0.25) is 20.2 Å². The van der Waals surface area contributed by atoms with Gasteiger partial charge in [0.2, 0.25) is 0 Å². The third kappa shape index (κ3) is 4.27. The number of aromatic nitrogens is 3. The fraction of sp³-hybridized carbons (Fsp3) is 0.100. The number of hydrogen-bond acceptors (Lipinski definition) is 11. The lowest BCUT2D eigenvalue weighted by Gasteiger charge is -2.05. The van der Waals surface area contributed by atoms with Crippen molar-refractivity contribution in [2.45, 2.75) is 13.8 Å². The van der Waals surface area contributed by atoms with Crippen LogP contribution in [-0.4, -0.2) is 24.4 Å². The van der Waals surface area contributed by atoms with Crippen LogP contribution in [0.15, 0.2) is 69.0 Å². The second kappa shape index (κ2) is 8.78. The highest BCUT2D eigenvalue weighted by Gasteiger charge is 2.17. The fourth-order valence-electron chi connectivity index (χ4n) is 3.01. The first-order valence-corrected chi connectivity index (χ1v) is 9.72.